The van der Waals surface area contributed by atoms with Crippen LogP contribution in [0.15, 0.2) is 30.7 Å². The predicted molar refractivity (Wildman–Crippen MR) is 91.3 cm³/mol. The first-order valence-electron chi connectivity index (χ1n) is 8.17. The number of hydrogen-bond donors (Lipinski definition) is 0. The lowest BCUT2D eigenvalue weighted by atomic mass is 9.91. The van der Waals surface area contributed by atoms with Crippen LogP contribution < -0.4 is 0 Å². The minimum atomic E-state index is 0.249. The summed E-state index contributed by atoms with van der Waals surface area (Å²) < 4.78 is 0. The average molecular weight is 297 g/mol. The fourth-order valence-electron chi connectivity index (χ4n) is 2.39. The number of pyridine rings is 1. The van der Waals surface area contributed by atoms with Crippen LogP contribution in [0.5, 0.6) is 0 Å². The van der Waals surface area contributed by atoms with Crippen LogP contribution in [0.2, 0.25) is 0 Å². The van der Waals surface area contributed by atoms with Crippen molar-refractivity contribution in [2.75, 3.05) is 0 Å². The van der Waals surface area contributed by atoms with E-state index in [4.69, 9.17) is 0 Å². The van der Waals surface area contributed by atoms with Crippen molar-refractivity contribution < 1.29 is 0 Å². The molecule has 0 amide bonds. The third-order valence-electron chi connectivity index (χ3n) is 4.46. The Bertz CT molecular complexity index is 530. The van der Waals surface area contributed by atoms with Crippen molar-refractivity contribution >= 4 is 0 Å². The second kappa shape index (κ2) is 6.99. The summed E-state index contributed by atoms with van der Waals surface area (Å²) in [6.07, 6.45) is 5.89. The van der Waals surface area contributed by atoms with Crippen LogP contribution in [-0.4, -0.2) is 15.0 Å². The molecule has 0 aliphatic carbocycles. The van der Waals surface area contributed by atoms with Crippen LogP contribution in [0, 0.1) is 0 Å². The lowest BCUT2D eigenvalue weighted by Gasteiger charge is -2.19. The molecule has 0 aliphatic rings. The highest BCUT2D eigenvalue weighted by molar-refractivity contribution is 5.21. The Morgan fingerprint density at radius 1 is 0.636 bits per heavy atom. The molecule has 2 aromatic heterocycles. The zero-order valence-corrected chi connectivity index (χ0v) is 14.5. The minimum Gasteiger partial charge on any atom is -0.261 e. The minimum absolute atomic E-state index is 0.249. The molecular weight excluding hydrogens is 270 g/mol. The standard InChI is InChI=1S/C19H27N3/c1-12(2)16-7-8-18(20-9-16)14(5)15(6)19-21-10-17(11-22-19)13(3)4/h7-15H,1-6H3. The van der Waals surface area contributed by atoms with Crippen LogP contribution in [0.3, 0.4) is 0 Å². The van der Waals surface area contributed by atoms with Gasteiger partial charge in [-0.15, -0.1) is 0 Å². The quantitative estimate of drug-likeness (QED) is 0.777. The van der Waals surface area contributed by atoms with Gasteiger partial charge in [0.15, 0.2) is 0 Å². The molecule has 0 aromatic carbocycles. The smallest absolute Gasteiger partial charge is 0.131 e. The van der Waals surface area contributed by atoms with Gasteiger partial charge in [0, 0.05) is 36.1 Å². The highest BCUT2D eigenvalue weighted by Gasteiger charge is 2.20. The molecule has 2 atom stereocenters. The lowest BCUT2D eigenvalue weighted by molar-refractivity contribution is 0.573. The largest absolute Gasteiger partial charge is 0.261 e. The maximum Gasteiger partial charge on any atom is 0.131 e. The SMILES string of the molecule is CC(C)c1ccc(C(C)C(C)c2ncc(C(C)C)cn2)nc1. The highest BCUT2D eigenvalue weighted by Crippen LogP contribution is 2.30. The molecule has 3 heteroatoms. The second-order valence-corrected chi connectivity index (χ2v) is 6.78. The first kappa shape index (κ1) is 16.6. The van der Waals surface area contributed by atoms with Gasteiger partial charge in [0.25, 0.3) is 0 Å². The van der Waals surface area contributed by atoms with E-state index < -0.39 is 0 Å². The molecule has 0 radical (unpaired) electrons. The Labute approximate surface area is 134 Å². The van der Waals surface area contributed by atoms with Gasteiger partial charge in [0.2, 0.25) is 0 Å². The van der Waals surface area contributed by atoms with E-state index in [0.717, 1.165) is 11.5 Å². The number of hydrogen-bond acceptors (Lipinski definition) is 3. The molecule has 3 nitrogen and oxygen atoms in total. The topological polar surface area (TPSA) is 38.7 Å². The molecule has 118 valence electrons. The maximum absolute atomic E-state index is 4.64. The van der Waals surface area contributed by atoms with E-state index in [9.17, 15) is 0 Å². The zero-order chi connectivity index (χ0) is 16.3. The van der Waals surface area contributed by atoms with Gasteiger partial charge < -0.3 is 0 Å². The summed E-state index contributed by atoms with van der Waals surface area (Å²) in [4.78, 5) is 13.7. The fraction of sp³-hybridized carbons (Fsp3) is 0.526. The third-order valence-corrected chi connectivity index (χ3v) is 4.46. The highest BCUT2D eigenvalue weighted by atomic mass is 14.9. The van der Waals surface area contributed by atoms with Crippen molar-refractivity contribution in [3.63, 3.8) is 0 Å². The monoisotopic (exact) mass is 297 g/mol. The van der Waals surface area contributed by atoms with Gasteiger partial charge in [-0.25, -0.2) is 9.97 Å². The average Bonchev–Trinajstić information content (AvgIpc) is 2.53. The predicted octanol–water partition coefficient (Wildman–Crippen LogP) is 5.03. The van der Waals surface area contributed by atoms with E-state index in [2.05, 4.69) is 68.6 Å². The maximum atomic E-state index is 4.64. The van der Waals surface area contributed by atoms with E-state index in [-0.39, 0.29) is 5.92 Å². The van der Waals surface area contributed by atoms with Gasteiger partial charge in [-0.3, -0.25) is 4.98 Å². The summed E-state index contributed by atoms with van der Waals surface area (Å²) in [5.74, 6) is 2.42. The van der Waals surface area contributed by atoms with Crippen LogP contribution in [0.25, 0.3) is 0 Å². The molecule has 22 heavy (non-hydrogen) atoms. The van der Waals surface area contributed by atoms with Gasteiger partial charge >= 0.3 is 0 Å². The van der Waals surface area contributed by atoms with E-state index >= 15 is 0 Å². The Balaban J connectivity index is 2.15. The lowest BCUT2D eigenvalue weighted by Crippen LogP contribution is -2.11. The van der Waals surface area contributed by atoms with E-state index in [1.165, 1.54) is 11.1 Å². The normalized spacial score (nSPS) is 14.4. The summed E-state index contributed by atoms with van der Waals surface area (Å²) in [5, 5.41) is 0. The molecule has 0 bridgehead atoms. The molecule has 0 spiro atoms. The summed E-state index contributed by atoms with van der Waals surface area (Å²) in [6, 6.07) is 4.32. The van der Waals surface area contributed by atoms with E-state index in [0.29, 0.717) is 17.8 Å². The fourth-order valence-corrected chi connectivity index (χ4v) is 2.39. The second-order valence-electron chi connectivity index (χ2n) is 6.78. The molecular formula is C19H27N3. The van der Waals surface area contributed by atoms with Crippen molar-refractivity contribution in [1.82, 2.24) is 15.0 Å². The molecule has 0 fully saturated rings. The van der Waals surface area contributed by atoms with Gasteiger partial charge in [-0.05, 0) is 29.0 Å². The zero-order valence-electron chi connectivity index (χ0n) is 14.5. The Morgan fingerprint density at radius 2 is 1.18 bits per heavy atom. The molecule has 0 aliphatic heterocycles. The summed E-state index contributed by atoms with van der Waals surface area (Å²) >= 11 is 0. The Kier molecular flexibility index (Phi) is 5.28. The molecule has 0 saturated carbocycles. The summed E-state index contributed by atoms with van der Waals surface area (Å²) in [6.45, 7) is 13.1. The van der Waals surface area contributed by atoms with Gasteiger partial charge in [-0.1, -0.05) is 47.6 Å². The van der Waals surface area contributed by atoms with Crippen LogP contribution in [-0.2, 0) is 0 Å². The van der Waals surface area contributed by atoms with Crippen LogP contribution in [0.4, 0.5) is 0 Å². The molecule has 2 rings (SSSR count). The number of rotatable bonds is 5. The van der Waals surface area contributed by atoms with Crippen molar-refractivity contribution in [3.05, 3.63) is 53.4 Å². The Morgan fingerprint density at radius 3 is 1.64 bits per heavy atom. The van der Waals surface area contributed by atoms with Gasteiger partial charge in [0.1, 0.15) is 5.82 Å². The molecule has 0 saturated heterocycles. The van der Waals surface area contributed by atoms with Crippen molar-refractivity contribution in [3.8, 4) is 0 Å². The third kappa shape index (κ3) is 3.70. The first-order valence-corrected chi connectivity index (χ1v) is 8.17. The molecule has 0 N–H and O–H groups in total. The van der Waals surface area contributed by atoms with E-state index in [1.54, 1.807) is 0 Å². The van der Waals surface area contributed by atoms with Crippen molar-refractivity contribution in [2.24, 2.45) is 0 Å². The number of nitrogens with zero attached hydrogens (tertiary/aromatic N) is 3. The Hall–Kier alpha value is -1.77. The molecule has 2 unspecified atom stereocenters. The first-order chi connectivity index (χ1) is 10.4. The number of aromatic nitrogens is 3. The van der Waals surface area contributed by atoms with Gasteiger partial charge in [0.05, 0.1) is 0 Å². The van der Waals surface area contributed by atoms with Gasteiger partial charge in [-0.2, -0.15) is 0 Å². The molecule has 2 aromatic rings. The van der Waals surface area contributed by atoms with Crippen molar-refractivity contribution in [1.29, 1.82) is 0 Å². The summed E-state index contributed by atoms with van der Waals surface area (Å²) in [7, 11) is 0. The van der Waals surface area contributed by atoms with Crippen LogP contribution in [0.1, 0.15) is 87.9 Å². The van der Waals surface area contributed by atoms with Crippen LogP contribution >= 0.6 is 0 Å². The molecule has 2 heterocycles. The summed E-state index contributed by atoms with van der Waals surface area (Å²) in [5.41, 5.74) is 3.57. The van der Waals surface area contributed by atoms with E-state index in [1.807, 2.05) is 18.6 Å². The van der Waals surface area contributed by atoms with Crippen molar-refractivity contribution in [2.45, 2.75) is 65.2 Å².